The monoisotopic (exact) mass is 286 g/mol. The lowest BCUT2D eigenvalue weighted by Gasteiger charge is -1.94. The first-order chi connectivity index (χ1) is 6.83. The first kappa shape index (κ1) is 16.9. The third kappa shape index (κ3) is 22.9. The summed E-state index contributed by atoms with van der Waals surface area (Å²) in [5.41, 5.74) is 0. The molecule has 0 aromatic heterocycles. The third-order valence-electron chi connectivity index (χ3n) is 0.304. The Bertz CT molecular complexity index is 355. The summed E-state index contributed by atoms with van der Waals surface area (Å²) in [6, 6.07) is 0. The van der Waals surface area contributed by atoms with Gasteiger partial charge in [0.05, 0.1) is 0 Å². The van der Waals surface area contributed by atoms with Crippen molar-refractivity contribution in [3.8, 4) is 0 Å². The molecular weight excluding hydrogens is 283 g/mol. The Morgan fingerprint density at radius 2 is 1.19 bits per heavy atom. The molecule has 3 N–H and O–H groups in total. The smallest absolute Gasteiger partial charge is 0.303 e. The number of nitrogens with zero attached hydrogens (tertiary/aromatic N) is 2. The second-order valence-electron chi connectivity index (χ2n) is 1.52. The average molecular weight is 286 g/mol. The molecule has 0 aromatic rings. The zero-order valence-corrected chi connectivity index (χ0v) is 8.48. The molecule has 0 aliphatic heterocycles. The van der Waals surface area contributed by atoms with Gasteiger partial charge in [0.15, 0.2) is 0 Å². The summed E-state index contributed by atoms with van der Waals surface area (Å²) in [4.78, 5) is 40.2. The molecule has 0 aromatic carbocycles. The maximum Gasteiger partial charge on any atom is 0.466 e. The van der Waals surface area contributed by atoms with Crippen LogP contribution in [0.2, 0.25) is 0 Å². The highest BCUT2D eigenvalue weighted by Gasteiger charge is 2.20. The lowest BCUT2D eigenvalue weighted by atomic mass is 13.1. The van der Waals surface area contributed by atoms with Gasteiger partial charge in [-0.1, -0.05) is 0 Å². The second-order valence-corrected chi connectivity index (χ2v) is 3.66. The Morgan fingerprint density at radius 1 is 1.00 bits per heavy atom. The summed E-state index contributed by atoms with van der Waals surface area (Å²) in [6.45, 7) is 0. The maximum absolute atomic E-state index is 9.92. The SMILES string of the molecule is O=P(O)(O)O.O=[N+]([O-])OS(=O)(=O)O[N+](=O)[O-]. The van der Waals surface area contributed by atoms with Crippen molar-refractivity contribution in [1.29, 1.82) is 0 Å². The second kappa shape index (κ2) is 6.13. The van der Waals surface area contributed by atoms with Gasteiger partial charge < -0.3 is 14.7 Å². The molecule has 0 unspecified atom stereocenters. The van der Waals surface area contributed by atoms with Crippen LogP contribution >= 0.6 is 7.82 Å². The van der Waals surface area contributed by atoms with Gasteiger partial charge in [0.25, 0.3) is 0 Å². The molecule has 0 amide bonds. The molecule has 0 aliphatic carbocycles. The van der Waals surface area contributed by atoms with Crippen molar-refractivity contribution >= 4 is 18.2 Å². The van der Waals surface area contributed by atoms with Gasteiger partial charge in [0.2, 0.25) is 0 Å². The van der Waals surface area contributed by atoms with E-state index in [0.29, 0.717) is 0 Å². The molecule has 0 fully saturated rings. The highest BCUT2D eigenvalue weighted by Crippen LogP contribution is 2.25. The van der Waals surface area contributed by atoms with Crippen molar-refractivity contribution in [1.82, 2.24) is 0 Å². The van der Waals surface area contributed by atoms with E-state index in [2.05, 4.69) is 8.57 Å². The van der Waals surface area contributed by atoms with Crippen LogP contribution in [0.25, 0.3) is 0 Å². The molecule has 96 valence electrons. The van der Waals surface area contributed by atoms with Crippen molar-refractivity contribution in [2.75, 3.05) is 0 Å². The van der Waals surface area contributed by atoms with E-state index in [-0.39, 0.29) is 0 Å². The van der Waals surface area contributed by atoms with E-state index < -0.39 is 28.4 Å². The van der Waals surface area contributed by atoms with E-state index in [1.165, 1.54) is 0 Å². The van der Waals surface area contributed by atoms with E-state index in [1.54, 1.807) is 0 Å². The predicted octanol–water partition coefficient (Wildman–Crippen LogP) is -2.28. The van der Waals surface area contributed by atoms with Crippen LogP contribution in [0.1, 0.15) is 0 Å². The van der Waals surface area contributed by atoms with Crippen LogP contribution < -0.4 is 0 Å². The zero-order valence-electron chi connectivity index (χ0n) is 6.77. The van der Waals surface area contributed by atoms with Crippen LogP contribution in [-0.4, -0.2) is 33.3 Å². The molecule has 16 heavy (non-hydrogen) atoms. The Kier molecular flexibility index (Phi) is 6.47. The molecular formula is H3N2O12PS. The minimum Gasteiger partial charge on any atom is -0.303 e. The fourth-order valence-corrected chi connectivity index (χ4v) is 0.488. The van der Waals surface area contributed by atoms with E-state index in [0.717, 1.165) is 0 Å². The third-order valence-corrected chi connectivity index (χ3v) is 0.913. The summed E-state index contributed by atoms with van der Waals surface area (Å²) in [6.07, 6.45) is 0. The molecule has 0 radical (unpaired) electrons. The normalized spacial score (nSPS) is 10.7. The molecule has 0 rings (SSSR count). The van der Waals surface area contributed by atoms with E-state index in [4.69, 9.17) is 19.2 Å². The molecule has 14 nitrogen and oxygen atoms in total. The number of phosphoric acid groups is 1. The van der Waals surface area contributed by atoms with Crippen LogP contribution in [0.15, 0.2) is 0 Å². The zero-order chi connectivity index (χ0) is 13.6. The van der Waals surface area contributed by atoms with Gasteiger partial charge in [-0.15, -0.1) is 20.2 Å². The Morgan fingerprint density at radius 3 is 1.31 bits per heavy atom. The Balaban J connectivity index is 0. The molecule has 0 spiro atoms. The first-order valence-corrected chi connectivity index (χ1v) is 5.44. The molecule has 0 saturated heterocycles. The number of rotatable bonds is 4. The molecule has 0 aliphatic rings. The average Bonchev–Trinajstić information content (AvgIpc) is 1.72. The fourth-order valence-electron chi connectivity index (χ4n) is 0.163. The standard InChI is InChI=1S/N2O8S.H3O4P/c3-1(4)9-11(7,8)10-2(5)6;1-5(2,3)4/h;(H3,1,2,3,4). The van der Waals surface area contributed by atoms with Crippen molar-refractivity contribution in [2.45, 2.75) is 0 Å². The van der Waals surface area contributed by atoms with Crippen molar-refractivity contribution in [2.24, 2.45) is 0 Å². The van der Waals surface area contributed by atoms with Crippen molar-refractivity contribution in [3.63, 3.8) is 0 Å². The van der Waals surface area contributed by atoms with Crippen LogP contribution in [0.4, 0.5) is 0 Å². The first-order valence-electron chi connectivity index (χ1n) is 2.54. The summed E-state index contributed by atoms with van der Waals surface area (Å²) in [5, 5.41) is 15.1. The van der Waals surface area contributed by atoms with Gasteiger partial charge in [0, 0.05) is 0 Å². The van der Waals surface area contributed by atoms with E-state index >= 15 is 0 Å². The minimum atomic E-state index is -5.18. The van der Waals surface area contributed by atoms with Gasteiger partial charge >= 0.3 is 28.4 Å². The number of hydrogen-bond donors (Lipinski definition) is 3. The van der Waals surface area contributed by atoms with E-state index in [1.807, 2.05) is 0 Å². The highest BCUT2D eigenvalue weighted by molar-refractivity contribution is 7.81. The van der Waals surface area contributed by atoms with Crippen LogP contribution in [0.5, 0.6) is 0 Å². The van der Waals surface area contributed by atoms with Crippen molar-refractivity contribution in [3.05, 3.63) is 20.2 Å². The largest absolute Gasteiger partial charge is 0.466 e. The van der Waals surface area contributed by atoms with E-state index in [9.17, 15) is 28.6 Å². The lowest BCUT2D eigenvalue weighted by molar-refractivity contribution is -0.744. The van der Waals surface area contributed by atoms with Crippen LogP contribution in [0.3, 0.4) is 0 Å². The Labute approximate surface area is 85.8 Å². The van der Waals surface area contributed by atoms with Gasteiger partial charge in [-0.05, 0) is 0 Å². The maximum atomic E-state index is 9.92. The topological polar surface area (TPSA) is 217 Å². The van der Waals surface area contributed by atoms with Crippen molar-refractivity contribution < 1.29 is 46.4 Å². The molecule has 0 atom stereocenters. The predicted molar refractivity (Wildman–Crippen MR) is 39.3 cm³/mol. The summed E-state index contributed by atoms with van der Waals surface area (Å²) < 4.78 is 34.3. The van der Waals surface area contributed by atoms with Crippen LogP contribution in [-0.2, 0) is 23.5 Å². The molecule has 16 heteroatoms. The lowest BCUT2D eigenvalue weighted by Crippen LogP contribution is -2.17. The summed E-state index contributed by atoms with van der Waals surface area (Å²) in [7, 11) is -9.82. The molecule has 0 bridgehead atoms. The number of hydrogen-bond acceptors (Lipinski definition) is 9. The minimum absolute atomic E-state index is 1.75. The summed E-state index contributed by atoms with van der Waals surface area (Å²) in [5.74, 6) is 0. The van der Waals surface area contributed by atoms with Gasteiger partial charge in [-0.25, -0.2) is 4.57 Å². The van der Waals surface area contributed by atoms with Gasteiger partial charge in [0.1, 0.15) is 0 Å². The fraction of sp³-hybridized carbons (Fsp3) is 0. The van der Waals surface area contributed by atoms with Gasteiger partial charge in [-0.2, -0.15) is 17.0 Å². The summed E-state index contributed by atoms with van der Waals surface area (Å²) >= 11 is 0. The molecule has 0 heterocycles. The van der Waals surface area contributed by atoms with Crippen LogP contribution in [0, 0.1) is 20.2 Å². The Hall–Kier alpha value is -1.54. The molecule has 0 saturated carbocycles. The highest BCUT2D eigenvalue weighted by atomic mass is 32.3. The van der Waals surface area contributed by atoms with Gasteiger partial charge in [-0.3, -0.25) is 0 Å². The quantitative estimate of drug-likeness (QED) is 0.282.